The van der Waals surface area contributed by atoms with Crippen molar-refractivity contribution in [2.75, 3.05) is 48.7 Å². The second kappa shape index (κ2) is 11.4. The molecule has 3 heterocycles. The van der Waals surface area contributed by atoms with E-state index in [4.69, 9.17) is 44.3 Å². The summed E-state index contributed by atoms with van der Waals surface area (Å²) in [6.45, 7) is 2.75. The van der Waals surface area contributed by atoms with Crippen LogP contribution in [0.5, 0.6) is 11.5 Å². The molecular formula is C32H29BrCl3N3O7. The van der Waals surface area contributed by atoms with Crippen LogP contribution in [0.25, 0.3) is 0 Å². The Morgan fingerprint density at radius 3 is 2.33 bits per heavy atom. The van der Waals surface area contributed by atoms with Crippen LogP contribution >= 0.6 is 50.7 Å². The summed E-state index contributed by atoms with van der Waals surface area (Å²) in [6, 6.07) is 10.3. The lowest BCUT2D eigenvalue weighted by molar-refractivity contribution is -0.138. The first kappa shape index (κ1) is 31.8. The van der Waals surface area contributed by atoms with Gasteiger partial charge in [-0.25, -0.2) is 0 Å². The van der Waals surface area contributed by atoms with Gasteiger partial charge < -0.3 is 19.5 Å². The van der Waals surface area contributed by atoms with Crippen molar-refractivity contribution in [3.8, 4) is 11.5 Å². The van der Waals surface area contributed by atoms with E-state index in [2.05, 4.69) is 20.8 Å². The van der Waals surface area contributed by atoms with E-state index >= 15 is 0 Å². The zero-order valence-electron chi connectivity index (χ0n) is 24.6. The van der Waals surface area contributed by atoms with Crippen molar-refractivity contribution in [3.63, 3.8) is 0 Å². The van der Waals surface area contributed by atoms with Gasteiger partial charge in [-0.2, -0.15) is 0 Å². The van der Waals surface area contributed by atoms with Gasteiger partial charge in [0.15, 0.2) is 21.2 Å². The Hall–Kier alpha value is -2.83. The van der Waals surface area contributed by atoms with E-state index in [1.807, 2.05) is 18.2 Å². The third kappa shape index (κ3) is 4.31. The Bertz CT molecular complexity index is 1700. The number of halogens is 4. The summed E-state index contributed by atoms with van der Waals surface area (Å²) in [7, 11) is 1.35. The van der Waals surface area contributed by atoms with Crippen LogP contribution < -0.4 is 14.5 Å². The minimum Gasteiger partial charge on any atom is -0.503 e. The van der Waals surface area contributed by atoms with E-state index in [1.54, 1.807) is 12.1 Å². The molecular weight excluding hydrogens is 725 g/mol. The third-order valence-electron chi connectivity index (χ3n) is 10.1. The molecule has 1 saturated carbocycles. The predicted octanol–water partition coefficient (Wildman–Crippen LogP) is 4.81. The van der Waals surface area contributed by atoms with Gasteiger partial charge in [0, 0.05) is 24.7 Å². The number of phenols is 1. The second-order valence-corrected chi connectivity index (χ2v) is 14.3. The van der Waals surface area contributed by atoms with Crippen LogP contribution in [0.2, 0.25) is 5.02 Å². The largest absolute Gasteiger partial charge is 0.503 e. The highest BCUT2D eigenvalue weighted by Crippen LogP contribution is 2.66. The first-order chi connectivity index (χ1) is 22.0. The number of phenolic OH excluding ortho intramolecular Hbond substituents is 1. The number of allylic oxidation sites excluding steroid dienone is 2. The maximum atomic E-state index is 14.3. The number of aromatic hydroxyl groups is 1. The lowest BCUT2D eigenvalue weighted by Crippen LogP contribution is -2.60. The smallest absolute Gasteiger partial charge is 0.254 e. The monoisotopic (exact) mass is 751 g/mol. The normalized spacial score (nSPS) is 32.4. The van der Waals surface area contributed by atoms with Gasteiger partial charge in [-0.3, -0.25) is 29.0 Å². The average molecular weight is 754 g/mol. The first-order valence-corrected chi connectivity index (χ1v) is 17.1. The molecule has 0 bridgehead atoms. The van der Waals surface area contributed by atoms with E-state index in [0.717, 1.165) is 23.7 Å². The molecule has 0 aromatic heterocycles. The topological polar surface area (TPSA) is 117 Å². The molecule has 0 unspecified atom stereocenters. The Morgan fingerprint density at radius 1 is 1.00 bits per heavy atom. The van der Waals surface area contributed by atoms with Gasteiger partial charge >= 0.3 is 0 Å². The van der Waals surface area contributed by atoms with E-state index in [1.165, 1.54) is 24.1 Å². The van der Waals surface area contributed by atoms with Gasteiger partial charge in [-0.1, -0.05) is 39.2 Å². The van der Waals surface area contributed by atoms with Crippen LogP contribution in [0, 0.1) is 17.8 Å². The number of ether oxygens (including phenoxy) is 2. The Balaban J connectivity index is 1.31. The number of rotatable bonds is 5. The molecule has 4 fully saturated rings. The Labute approximate surface area is 288 Å². The fraction of sp³-hybridized carbons (Fsp3) is 0.438. The quantitative estimate of drug-likeness (QED) is 0.201. The van der Waals surface area contributed by atoms with Crippen LogP contribution in [0.1, 0.15) is 24.3 Å². The molecule has 1 N–H and O–H groups in total. The number of carbonyl (C=O) groups is 4. The standard InChI is InChI=1S/C32H29BrCl3N3O7/c1-45-23-13-16(12-22(34)26(23)40)25-19-6-7-20-24(21(19)14-31(35)29(43)38(15-33)30(44)32(25,31)36)28(42)39(27(20)41)18-4-2-17(3-5-18)37-8-10-46-11-9-37/h2-6,12-13,20-21,24-25,40H,7-11,14-15H2,1H3/t20-,21+,24-,25-,31+,32-/m0/s1. The van der Waals surface area contributed by atoms with Gasteiger partial charge in [0.1, 0.15) is 0 Å². The molecule has 2 aromatic rings. The Kier molecular flexibility index (Phi) is 7.87. The number of anilines is 2. The summed E-state index contributed by atoms with van der Waals surface area (Å²) >= 11 is 24.2. The van der Waals surface area contributed by atoms with Crippen molar-refractivity contribution >= 4 is 85.7 Å². The van der Waals surface area contributed by atoms with Crippen molar-refractivity contribution in [1.82, 2.24) is 4.90 Å². The Morgan fingerprint density at radius 2 is 1.67 bits per heavy atom. The summed E-state index contributed by atoms with van der Waals surface area (Å²) in [5.41, 5.74) is 2.27. The molecule has 3 saturated heterocycles. The number of morpholine rings is 1. The van der Waals surface area contributed by atoms with E-state index < -0.39 is 51.1 Å². The zero-order valence-corrected chi connectivity index (χ0v) is 28.4. The number of imide groups is 2. The lowest BCUT2D eigenvalue weighted by atomic mass is 9.56. The predicted molar refractivity (Wildman–Crippen MR) is 175 cm³/mol. The van der Waals surface area contributed by atoms with E-state index in [9.17, 15) is 24.3 Å². The van der Waals surface area contributed by atoms with Gasteiger partial charge in [0.25, 0.3) is 11.8 Å². The van der Waals surface area contributed by atoms with Crippen molar-refractivity contribution in [2.45, 2.75) is 28.5 Å². The van der Waals surface area contributed by atoms with E-state index in [-0.39, 0.29) is 40.7 Å². The van der Waals surface area contributed by atoms with Gasteiger partial charge in [-0.15, -0.1) is 23.2 Å². The molecule has 0 spiro atoms. The molecule has 242 valence electrons. The molecule has 5 aliphatic rings. The summed E-state index contributed by atoms with van der Waals surface area (Å²) in [5.74, 6) is -5.68. The fourth-order valence-corrected chi connectivity index (χ4v) is 9.58. The highest BCUT2D eigenvalue weighted by atomic mass is 79.9. The second-order valence-electron chi connectivity index (χ2n) is 12.2. The molecule has 3 aliphatic heterocycles. The van der Waals surface area contributed by atoms with Crippen LogP contribution in [-0.2, 0) is 23.9 Å². The van der Waals surface area contributed by atoms with E-state index in [0.29, 0.717) is 30.0 Å². The molecule has 46 heavy (non-hydrogen) atoms. The maximum absolute atomic E-state index is 14.3. The van der Waals surface area contributed by atoms with Gasteiger partial charge in [0.2, 0.25) is 11.8 Å². The number of benzene rings is 2. The minimum atomic E-state index is -2.00. The van der Waals surface area contributed by atoms with Crippen molar-refractivity contribution in [3.05, 3.63) is 58.6 Å². The zero-order chi connectivity index (χ0) is 32.7. The molecule has 2 aliphatic carbocycles. The van der Waals surface area contributed by atoms with Crippen LogP contribution in [-0.4, -0.2) is 82.3 Å². The average Bonchev–Trinajstić information content (AvgIpc) is 3.40. The number of likely N-dealkylation sites (tertiary alicyclic amines) is 1. The first-order valence-electron chi connectivity index (χ1n) is 14.8. The fourth-order valence-electron chi connectivity index (χ4n) is 7.93. The number of alkyl halides is 3. The molecule has 2 aromatic carbocycles. The summed E-state index contributed by atoms with van der Waals surface area (Å²) in [6.07, 6.45) is 1.92. The lowest BCUT2D eigenvalue weighted by Gasteiger charge is -2.50. The van der Waals surface area contributed by atoms with Crippen molar-refractivity contribution in [1.29, 1.82) is 0 Å². The van der Waals surface area contributed by atoms with Crippen LogP contribution in [0.15, 0.2) is 48.0 Å². The number of amides is 4. The molecule has 7 rings (SSSR count). The number of hydrogen-bond acceptors (Lipinski definition) is 8. The molecule has 0 radical (unpaired) electrons. The van der Waals surface area contributed by atoms with Crippen molar-refractivity contribution < 1.29 is 33.8 Å². The number of methoxy groups -OCH3 is 1. The van der Waals surface area contributed by atoms with Crippen molar-refractivity contribution in [2.24, 2.45) is 17.8 Å². The minimum absolute atomic E-state index is 0.0345. The van der Waals surface area contributed by atoms with Gasteiger partial charge in [-0.05, 0) is 60.7 Å². The highest BCUT2D eigenvalue weighted by Gasteiger charge is 2.76. The maximum Gasteiger partial charge on any atom is 0.254 e. The number of fused-ring (bicyclic) bond motifs is 4. The molecule has 4 amide bonds. The number of hydrogen-bond donors (Lipinski definition) is 1. The summed E-state index contributed by atoms with van der Waals surface area (Å²) < 4.78 is 10.8. The molecule has 14 heteroatoms. The van der Waals surface area contributed by atoms with Crippen LogP contribution in [0.4, 0.5) is 11.4 Å². The highest BCUT2D eigenvalue weighted by molar-refractivity contribution is 9.09. The number of nitrogens with zero attached hydrogens (tertiary/aromatic N) is 3. The molecule has 6 atom stereocenters. The third-order valence-corrected chi connectivity index (χ3v) is 12.3. The summed E-state index contributed by atoms with van der Waals surface area (Å²) in [5, 5.41) is 10.4. The van der Waals surface area contributed by atoms with Crippen LogP contribution in [0.3, 0.4) is 0 Å². The SMILES string of the molecule is COc1cc([C@H]2C3=CC[C@@H]4C(=O)N(c5ccc(N6CCOCC6)cc5)C(=O)[C@@H]4[C@@H]3C[C@@]3(Cl)C(=O)N(CBr)C(=O)[C@@]23Cl)cc(Cl)c1O. The van der Waals surface area contributed by atoms with Gasteiger partial charge in [0.05, 0.1) is 48.3 Å². The summed E-state index contributed by atoms with van der Waals surface area (Å²) in [4.78, 5) is 56.5. The molecule has 10 nitrogen and oxygen atoms in total. The number of carbonyl (C=O) groups excluding carboxylic acids is 4.